The number of carboxylic acids is 1. The van der Waals surface area contributed by atoms with Crippen molar-refractivity contribution in [3.05, 3.63) is 24.3 Å². The summed E-state index contributed by atoms with van der Waals surface area (Å²) in [5.41, 5.74) is 2.16. The van der Waals surface area contributed by atoms with Crippen LogP contribution in [0.1, 0.15) is 6.92 Å². The van der Waals surface area contributed by atoms with Crippen LogP contribution in [0.4, 0.5) is 0 Å². The van der Waals surface area contributed by atoms with Gasteiger partial charge in [0.15, 0.2) is 0 Å². The SMILES string of the molecule is CC(=O)O.[Hg][n]1nnc2ccccc21. The number of hydrogen-bond acceptors (Lipinski definition) is 3. The third-order valence-electron chi connectivity index (χ3n) is 1.42. The number of benzene rings is 1. The van der Waals surface area contributed by atoms with Gasteiger partial charge in [0.2, 0.25) is 0 Å². The van der Waals surface area contributed by atoms with Crippen LogP contribution in [-0.2, 0) is 31.2 Å². The molecule has 0 atom stereocenters. The molecule has 0 amide bonds. The Kier molecular flexibility index (Phi) is 4.00. The zero-order valence-electron chi connectivity index (χ0n) is 7.71. The van der Waals surface area contributed by atoms with E-state index in [-0.39, 0.29) is 0 Å². The van der Waals surface area contributed by atoms with Crippen LogP contribution in [-0.4, -0.2) is 23.8 Å². The molecule has 2 rings (SSSR count). The molecule has 1 heterocycles. The first-order valence-corrected chi connectivity index (χ1v) is 6.38. The molecule has 0 saturated heterocycles. The van der Waals surface area contributed by atoms with E-state index in [1.807, 2.05) is 26.7 Å². The van der Waals surface area contributed by atoms with Gasteiger partial charge >= 0.3 is 74.5 Å². The molecule has 69 valence electrons. The van der Waals surface area contributed by atoms with Crippen molar-refractivity contribution in [2.24, 2.45) is 0 Å². The first-order valence-electron chi connectivity index (χ1n) is 3.92. The number of carbonyl (C=O) groups is 1. The van der Waals surface area contributed by atoms with Crippen molar-refractivity contribution in [3.63, 3.8) is 0 Å². The van der Waals surface area contributed by atoms with E-state index in [2.05, 4.69) is 10.3 Å². The van der Waals surface area contributed by atoms with Crippen molar-refractivity contribution in [3.8, 4) is 0 Å². The summed E-state index contributed by atoms with van der Waals surface area (Å²) < 4.78 is 1.95. The Bertz CT molecular complexity index is 437. The van der Waals surface area contributed by atoms with E-state index in [0.717, 1.165) is 18.0 Å². The van der Waals surface area contributed by atoms with Crippen LogP contribution in [0.2, 0.25) is 0 Å². The van der Waals surface area contributed by atoms with Gasteiger partial charge in [-0.1, -0.05) is 0 Å². The number of para-hydroxylation sites is 1. The minimum atomic E-state index is -0.833. The third kappa shape index (κ3) is 3.06. The molecule has 0 bridgehead atoms. The average Bonchev–Trinajstić information content (AvgIpc) is 2.48. The summed E-state index contributed by atoms with van der Waals surface area (Å²) in [6.45, 7) is 1.08. The molecular weight excluding hydrogens is 371 g/mol. The molecule has 2 aromatic rings. The molecule has 0 saturated carbocycles. The molecular formula is C8H8HgN3O2. The van der Waals surface area contributed by atoms with Crippen molar-refractivity contribution in [1.29, 1.82) is 0 Å². The second-order valence-corrected chi connectivity index (χ2v) is 4.93. The Morgan fingerprint density at radius 3 is 2.64 bits per heavy atom. The van der Waals surface area contributed by atoms with Gasteiger partial charge in [-0.05, 0) is 0 Å². The van der Waals surface area contributed by atoms with E-state index < -0.39 is 5.97 Å². The van der Waals surface area contributed by atoms with E-state index in [0.29, 0.717) is 26.4 Å². The second-order valence-electron chi connectivity index (χ2n) is 2.60. The fraction of sp³-hybridized carbons (Fsp3) is 0.125. The van der Waals surface area contributed by atoms with Crippen molar-refractivity contribution in [1.82, 2.24) is 12.8 Å². The Morgan fingerprint density at radius 2 is 2.07 bits per heavy atom. The molecule has 0 spiro atoms. The maximum absolute atomic E-state index is 9.00. The fourth-order valence-corrected chi connectivity index (χ4v) is 2.20. The van der Waals surface area contributed by atoms with E-state index in [4.69, 9.17) is 9.90 Å². The van der Waals surface area contributed by atoms with Gasteiger partial charge in [0.05, 0.1) is 0 Å². The first-order chi connectivity index (χ1) is 6.61. The zero-order valence-corrected chi connectivity index (χ0v) is 13.2. The van der Waals surface area contributed by atoms with Crippen molar-refractivity contribution >= 4 is 17.0 Å². The van der Waals surface area contributed by atoms with Gasteiger partial charge in [-0.2, -0.15) is 0 Å². The number of carboxylic acid groups (broad SMARTS) is 1. The van der Waals surface area contributed by atoms with Crippen LogP contribution in [0.5, 0.6) is 0 Å². The van der Waals surface area contributed by atoms with Crippen LogP contribution >= 0.6 is 0 Å². The molecule has 0 unspecified atom stereocenters. The van der Waals surface area contributed by atoms with Gasteiger partial charge in [0.1, 0.15) is 0 Å². The molecule has 0 aliphatic heterocycles. The summed E-state index contributed by atoms with van der Waals surface area (Å²) in [7, 11) is 0. The molecule has 0 aliphatic carbocycles. The number of nitrogens with zero attached hydrogens (tertiary/aromatic N) is 3. The Labute approximate surface area is 97.1 Å². The molecule has 1 aromatic carbocycles. The summed E-state index contributed by atoms with van der Waals surface area (Å²) in [4.78, 5) is 9.00. The molecule has 5 nitrogen and oxygen atoms in total. The van der Waals surface area contributed by atoms with Crippen LogP contribution in [0, 0.1) is 0 Å². The molecule has 0 aliphatic rings. The first kappa shape index (κ1) is 11.1. The van der Waals surface area contributed by atoms with Crippen LogP contribution in [0.15, 0.2) is 24.3 Å². The van der Waals surface area contributed by atoms with Crippen molar-refractivity contribution in [2.45, 2.75) is 6.92 Å². The molecule has 1 aromatic heterocycles. The topological polar surface area (TPSA) is 68.0 Å². The second kappa shape index (κ2) is 5.04. The molecule has 0 radical (unpaired) electrons. The monoisotopic (exact) mass is 380 g/mol. The van der Waals surface area contributed by atoms with Crippen LogP contribution in [0.25, 0.3) is 11.0 Å². The van der Waals surface area contributed by atoms with Gasteiger partial charge in [0, 0.05) is 6.92 Å². The number of fused-ring (bicyclic) bond motifs is 1. The number of rotatable bonds is 0. The van der Waals surface area contributed by atoms with E-state index >= 15 is 0 Å². The van der Waals surface area contributed by atoms with Crippen LogP contribution < -0.4 is 0 Å². The van der Waals surface area contributed by atoms with E-state index in [9.17, 15) is 0 Å². The van der Waals surface area contributed by atoms with Gasteiger partial charge in [0.25, 0.3) is 5.97 Å². The predicted octanol–water partition coefficient (Wildman–Crippen LogP) is 0.832. The van der Waals surface area contributed by atoms with Gasteiger partial charge in [-0.3, -0.25) is 4.79 Å². The minimum absolute atomic E-state index is 0.510. The van der Waals surface area contributed by atoms with Crippen molar-refractivity contribution in [2.75, 3.05) is 0 Å². The van der Waals surface area contributed by atoms with E-state index in [1.54, 1.807) is 0 Å². The normalized spacial score (nSPS) is 9.36. The fourth-order valence-electron chi connectivity index (χ4n) is 0.917. The maximum atomic E-state index is 9.00. The summed E-state index contributed by atoms with van der Waals surface area (Å²) in [5.74, 6) is -0.833. The summed E-state index contributed by atoms with van der Waals surface area (Å²) in [6, 6.07) is 8.01. The zero-order chi connectivity index (χ0) is 10.6. The quantitative estimate of drug-likeness (QED) is 0.690. The molecule has 14 heavy (non-hydrogen) atoms. The summed E-state index contributed by atoms with van der Waals surface area (Å²) in [5, 5.41) is 15.3. The number of aromatic nitrogens is 3. The Morgan fingerprint density at radius 1 is 1.50 bits per heavy atom. The Balaban J connectivity index is 0.000000213. The standard InChI is InChI=1S/C6H4N3.C2H4O2.Hg/c1-2-4-6-5(3-1)7-9-8-6;1-2(3)4;/h1-4H;1H3,(H,3,4);/q-1;;+1. The molecule has 6 heteroatoms. The number of hydrogen-bond donors (Lipinski definition) is 1. The summed E-state index contributed by atoms with van der Waals surface area (Å²) in [6.07, 6.45) is 0. The van der Waals surface area contributed by atoms with Gasteiger partial charge in [-0.15, -0.1) is 0 Å². The Hall–Kier alpha value is -0.975. The third-order valence-corrected chi connectivity index (χ3v) is 3.24. The summed E-state index contributed by atoms with van der Waals surface area (Å²) >= 11 is 0.510. The molecule has 1 N–H and O–H groups in total. The van der Waals surface area contributed by atoms with Crippen molar-refractivity contribution < 1.29 is 36.3 Å². The molecule has 0 fully saturated rings. The van der Waals surface area contributed by atoms with E-state index in [1.165, 1.54) is 0 Å². The predicted molar refractivity (Wildman–Crippen MR) is 46.2 cm³/mol. The van der Waals surface area contributed by atoms with Crippen LogP contribution in [0.3, 0.4) is 0 Å². The van der Waals surface area contributed by atoms with Gasteiger partial charge < -0.3 is 5.11 Å². The number of aliphatic carboxylic acids is 1. The average molecular weight is 379 g/mol. The van der Waals surface area contributed by atoms with Gasteiger partial charge in [-0.25, -0.2) is 0 Å².